The summed E-state index contributed by atoms with van der Waals surface area (Å²) in [6.07, 6.45) is 16.3. The van der Waals surface area contributed by atoms with E-state index < -0.39 is 5.60 Å². The molecule has 27 heavy (non-hydrogen) atoms. The first-order valence-corrected chi connectivity index (χ1v) is 12.1. The molecule has 2 nitrogen and oxygen atoms in total. The van der Waals surface area contributed by atoms with Gasteiger partial charge in [0.25, 0.3) is 0 Å². The molecule has 0 amide bonds. The Morgan fingerprint density at radius 1 is 0.963 bits per heavy atom. The molecular weight excluding hydrogens is 332 g/mol. The molecule has 0 saturated heterocycles. The number of fused-ring (bicyclic) bond motifs is 5. The van der Waals surface area contributed by atoms with Crippen LogP contribution in [0, 0.1) is 34.5 Å². The van der Waals surface area contributed by atoms with E-state index >= 15 is 0 Å². The smallest absolute Gasteiger partial charge is 0.139 e. The van der Waals surface area contributed by atoms with Crippen LogP contribution < -0.4 is 0 Å². The molecule has 0 heterocycles. The van der Waals surface area contributed by atoms with Crippen LogP contribution in [0.1, 0.15) is 111 Å². The number of unbranched alkanes of at least 4 members (excludes halogenated alkanes) is 3. The van der Waals surface area contributed by atoms with Gasteiger partial charge in [0.1, 0.15) is 5.78 Å². The van der Waals surface area contributed by atoms with E-state index in [4.69, 9.17) is 0 Å². The van der Waals surface area contributed by atoms with E-state index in [2.05, 4.69) is 20.8 Å². The summed E-state index contributed by atoms with van der Waals surface area (Å²) in [5.41, 5.74) is 0.0157. The average molecular weight is 375 g/mol. The summed E-state index contributed by atoms with van der Waals surface area (Å²) in [7, 11) is 0. The second-order valence-electron chi connectivity index (χ2n) is 11.3. The Morgan fingerprint density at radius 3 is 2.56 bits per heavy atom. The molecule has 154 valence electrons. The Bertz CT molecular complexity index is 571. The molecule has 4 aliphatic rings. The molecule has 0 aliphatic heterocycles. The third-order valence-electron chi connectivity index (χ3n) is 10.0. The summed E-state index contributed by atoms with van der Waals surface area (Å²) >= 11 is 0. The van der Waals surface area contributed by atoms with Crippen molar-refractivity contribution in [1.29, 1.82) is 0 Å². The standard InChI is InChI=1S/C25H42O2/c1-4-5-6-7-13-25(27)16-15-23(2)18(17-25)8-9-19-20-10-11-22(26)24(20,3)14-12-21(19)23/h18-21,27H,4-17H2,1-3H3/t18-,19-,20-,21-,23-,24-,25+/m0/s1. The van der Waals surface area contributed by atoms with Crippen molar-refractivity contribution in [2.24, 2.45) is 34.5 Å². The van der Waals surface area contributed by atoms with E-state index in [9.17, 15) is 9.90 Å². The van der Waals surface area contributed by atoms with Gasteiger partial charge in [0.2, 0.25) is 0 Å². The number of aliphatic hydroxyl groups is 1. The molecule has 4 fully saturated rings. The summed E-state index contributed by atoms with van der Waals surface area (Å²) in [6.45, 7) is 7.10. The van der Waals surface area contributed by atoms with Gasteiger partial charge in [0.05, 0.1) is 5.60 Å². The first-order valence-electron chi connectivity index (χ1n) is 12.1. The van der Waals surface area contributed by atoms with Gasteiger partial charge >= 0.3 is 0 Å². The van der Waals surface area contributed by atoms with Gasteiger partial charge in [-0.25, -0.2) is 0 Å². The number of Topliss-reactive ketones (excluding diaryl/α,β-unsaturated/α-hetero) is 1. The van der Waals surface area contributed by atoms with Crippen molar-refractivity contribution in [3.8, 4) is 0 Å². The zero-order chi connectivity index (χ0) is 19.3. The summed E-state index contributed by atoms with van der Waals surface area (Å²) in [5, 5.41) is 11.3. The third-order valence-corrected chi connectivity index (χ3v) is 10.0. The Morgan fingerprint density at radius 2 is 1.78 bits per heavy atom. The molecule has 0 bridgehead atoms. The molecule has 0 aromatic heterocycles. The summed E-state index contributed by atoms with van der Waals surface area (Å²) in [6, 6.07) is 0. The second-order valence-corrected chi connectivity index (χ2v) is 11.3. The van der Waals surface area contributed by atoms with Crippen LogP contribution >= 0.6 is 0 Å². The normalized spacial score (nSPS) is 49.4. The van der Waals surface area contributed by atoms with Crippen molar-refractivity contribution in [2.75, 3.05) is 0 Å². The van der Waals surface area contributed by atoms with Crippen molar-refractivity contribution in [1.82, 2.24) is 0 Å². The molecule has 4 saturated carbocycles. The molecule has 0 spiro atoms. The SMILES string of the molecule is CCCCCC[C@@]1(O)CC[C@@]2(C)[C@@H](CC[C@@H]3[C@@H]2CC[C@]2(C)C(=O)CC[C@@H]32)C1. The maximum absolute atomic E-state index is 12.6. The van der Waals surface area contributed by atoms with Crippen LogP contribution in [0.25, 0.3) is 0 Å². The van der Waals surface area contributed by atoms with Gasteiger partial charge in [-0.05, 0) is 86.9 Å². The fraction of sp³-hybridized carbons (Fsp3) is 0.960. The Kier molecular flexibility index (Phi) is 5.28. The molecule has 0 aromatic rings. The predicted molar refractivity (Wildman–Crippen MR) is 110 cm³/mol. The molecule has 4 rings (SSSR count). The number of rotatable bonds is 5. The van der Waals surface area contributed by atoms with E-state index in [1.807, 2.05) is 0 Å². The minimum absolute atomic E-state index is 0.000948. The van der Waals surface area contributed by atoms with Gasteiger partial charge in [0, 0.05) is 11.8 Å². The molecule has 0 aromatic carbocycles. The van der Waals surface area contributed by atoms with Crippen LogP contribution in [0.5, 0.6) is 0 Å². The van der Waals surface area contributed by atoms with E-state index in [0.717, 1.165) is 50.4 Å². The lowest BCUT2D eigenvalue weighted by molar-refractivity contribution is -0.155. The topological polar surface area (TPSA) is 37.3 Å². The maximum atomic E-state index is 12.6. The second kappa shape index (κ2) is 7.15. The first kappa shape index (κ1) is 19.9. The maximum Gasteiger partial charge on any atom is 0.139 e. The van der Waals surface area contributed by atoms with E-state index in [1.54, 1.807) is 0 Å². The van der Waals surface area contributed by atoms with Crippen molar-refractivity contribution in [2.45, 2.75) is 116 Å². The Hall–Kier alpha value is -0.370. The molecule has 0 radical (unpaired) electrons. The van der Waals surface area contributed by atoms with Gasteiger partial charge in [-0.2, -0.15) is 0 Å². The zero-order valence-electron chi connectivity index (χ0n) is 18.1. The number of ketones is 1. The van der Waals surface area contributed by atoms with Crippen LogP contribution in [0.3, 0.4) is 0 Å². The summed E-state index contributed by atoms with van der Waals surface area (Å²) < 4.78 is 0. The zero-order valence-corrected chi connectivity index (χ0v) is 18.1. The molecule has 7 atom stereocenters. The Balaban J connectivity index is 1.45. The first-order chi connectivity index (χ1) is 12.8. The van der Waals surface area contributed by atoms with E-state index in [-0.39, 0.29) is 5.41 Å². The molecule has 1 N–H and O–H groups in total. The quantitative estimate of drug-likeness (QED) is 0.573. The van der Waals surface area contributed by atoms with Gasteiger partial charge in [-0.1, -0.05) is 46.5 Å². The predicted octanol–water partition coefficient (Wildman–Crippen LogP) is 6.30. The monoisotopic (exact) mass is 374 g/mol. The van der Waals surface area contributed by atoms with E-state index in [1.165, 1.54) is 51.4 Å². The number of carbonyl (C=O) groups excluding carboxylic acids is 1. The number of hydrogen-bond acceptors (Lipinski definition) is 2. The molecule has 4 aliphatic carbocycles. The highest BCUT2D eigenvalue weighted by molar-refractivity contribution is 5.87. The van der Waals surface area contributed by atoms with Crippen LogP contribution in [0.15, 0.2) is 0 Å². The lowest BCUT2D eigenvalue weighted by Gasteiger charge is -2.61. The Labute approximate surface area is 166 Å². The fourth-order valence-electron chi connectivity index (χ4n) is 8.20. The molecular formula is C25H42O2. The van der Waals surface area contributed by atoms with E-state index in [0.29, 0.717) is 23.0 Å². The van der Waals surface area contributed by atoms with Crippen LogP contribution in [0.2, 0.25) is 0 Å². The van der Waals surface area contributed by atoms with Crippen molar-refractivity contribution < 1.29 is 9.90 Å². The third kappa shape index (κ3) is 3.22. The highest BCUT2D eigenvalue weighted by Crippen LogP contribution is 2.66. The minimum Gasteiger partial charge on any atom is -0.390 e. The highest BCUT2D eigenvalue weighted by Gasteiger charge is 2.61. The summed E-state index contributed by atoms with van der Waals surface area (Å²) in [4.78, 5) is 12.6. The van der Waals surface area contributed by atoms with Crippen LogP contribution in [-0.2, 0) is 4.79 Å². The molecule has 0 unspecified atom stereocenters. The highest BCUT2D eigenvalue weighted by atomic mass is 16.3. The lowest BCUT2D eigenvalue weighted by Crippen LogP contribution is -2.56. The summed E-state index contributed by atoms with van der Waals surface area (Å²) in [5.74, 6) is 3.47. The van der Waals surface area contributed by atoms with Gasteiger partial charge in [0.15, 0.2) is 0 Å². The van der Waals surface area contributed by atoms with Crippen molar-refractivity contribution >= 4 is 5.78 Å². The average Bonchev–Trinajstić information content (AvgIpc) is 2.95. The van der Waals surface area contributed by atoms with Gasteiger partial charge in [-0.3, -0.25) is 4.79 Å². The van der Waals surface area contributed by atoms with Gasteiger partial charge < -0.3 is 5.11 Å². The largest absolute Gasteiger partial charge is 0.390 e. The lowest BCUT2D eigenvalue weighted by atomic mass is 9.44. The number of hydrogen-bond donors (Lipinski definition) is 1. The van der Waals surface area contributed by atoms with Gasteiger partial charge in [-0.15, -0.1) is 0 Å². The van der Waals surface area contributed by atoms with Crippen molar-refractivity contribution in [3.63, 3.8) is 0 Å². The fourth-order valence-corrected chi connectivity index (χ4v) is 8.20. The van der Waals surface area contributed by atoms with Crippen LogP contribution in [0.4, 0.5) is 0 Å². The number of carbonyl (C=O) groups is 1. The van der Waals surface area contributed by atoms with Crippen LogP contribution in [-0.4, -0.2) is 16.5 Å². The van der Waals surface area contributed by atoms with Crippen molar-refractivity contribution in [3.05, 3.63) is 0 Å². The molecule has 2 heteroatoms. The minimum atomic E-state index is -0.392.